The Bertz CT molecular complexity index is 1160. The fourth-order valence-electron chi connectivity index (χ4n) is 3.03. The normalized spacial score (nSPS) is 10.8. The van der Waals surface area contributed by atoms with Crippen LogP contribution in [0.4, 0.5) is 16.3 Å². The lowest BCUT2D eigenvalue weighted by Gasteiger charge is -2.24. The van der Waals surface area contributed by atoms with Gasteiger partial charge in [-0.1, -0.05) is 6.07 Å². The largest absolute Gasteiger partial charge is 0.422 e. The Labute approximate surface area is 171 Å². The monoisotopic (exact) mass is 412 g/mol. The first-order valence-electron chi connectivity index (χ1n) is 8.75. The Morgan fingerprint density at radius 1 is 1.17 bits per heavy atom. The second-order valence-electron chi connectivity index (χ2n) is 6.43. The van der Waals surface area contributed by atoms with Gasteiger partial charge in [0.25, 0.3) is 5.91 Å². The number of ether oxygens (including phenoxy) is 2. The number of aromatic nitrogens is 3. The first kappa shape index (κ1) is 20.7. The van der Waals surface area contributed by atoms with Gasteiger partial charge in [0.1, 0.15) is 11.8 Å². The third kappa shape index (κ3) is 3.65. The minimum Gasteiger partial charge on any atom is -0.422 e. The second-order valence-corrected chi connectivity index (χ2v) is 6.43. The zero-order valence-electron chi connectivity index (χ0n) is 16.6. The third-order valence-electron chi connectivity index (χ3n) is 4.50. The summed E-state index contributed by atoms with van der Waals surface area (Å²) in [6.07, 6.45) is 1.85. The van der Waals surface area contributed by atoms with Crippen LogP contribution in [0.5, 0.6) is 0 Å². The molecule has 156 valence electrons. The van der Waals surface area contributed by atoms with Gasteiger partial charge in [0.15, 0.2) is 12.6 Å². The molecule has 1 aromatic carbocycles. The number of carbonyl (C=O) groups is 3. The number of nitrogens with zero attached hydrogens (tertiary/aromatic N) is 4. The van der Waals surface area contributed by atoms with Gasteiger partial charge >= 0.3 is 6.09 Å². The first-order valence-corrected chi connectivity index (χ1v) is 8.75. The molecular weight excluding hydrogens is 392 g/mol. The highest BCUT2D eigenvalue weighted by molar-refractivity contribution is 6.04. The Morgan fingerprint density at radius 3 is 2.53 bits per heavy atom. The second kappa shape index (κ2) is 8.17. The predicted octanol–water partition coefficient (Wildman–Crippen LogP) is 1.42. The van der Waals surface area contributed by atoms with E-state index in [0.717, 1.165) is 4.90 Å². The van der Waals surface area contributed by atoms with E-state index in [0.29, 0.717) is 22.3 Å². The summed E-state index contributed by atoms with van der Waals surface area (Å²) in [5.74, 6) is -1.19. The number of amides is 3. The van der Waals surface area contributed by atoms with Crippen molar-refractivity contribution >= 4 is 34.9 Å². The van der Waals surface area contributed by atoms with E-state index in [-0.39, 0.29) is 23.7 Å². The van der Waals surface area contributed by atoms with Crippen LogP contribution in [-0.2, 0) is 9.47 Å². The molecule has 3 aromatic rings. The van der Waals surface area contributed by atoms with Crippen molar-refractivity contribution in [2.24, 2.45) is 11.5 Å². The van der Waals surface area contributed by atoms with Crippen molar-refractivity contribution in [1.82, 2.24) is 14.6 Å². The number of methoxy groups -OCH3 is 1. The third-order valence-corrected chi connectivity index (χ3v) is 4.50. The molecule has 3 rings (SSSR count). The molecule has 0 aliphatic heterocycles. The van der Waals surface area contributed by atoms with Crippen LogP contribution in [0.2, 0.25) is 0 Å². The minimum atomic E-state index is -0.816. The van der Waals surface area contributed by atoms with Crippen LogP contribution >= 0.6 is 0 Å². The van der Waals surface area contributed by atoms with Crippen molar-refractivity contribution in [2.45, 2.75) is 13.8 Å². The van der Waals surface area contributed by atoms with Gasteiger partial charge in [-0.2, -0.15) is 5.10 Å². The Hall–Kier alpha value is -3.99. The smallest absolute Gasteiger partial charge is 0.422 e. The van der Waals surface area contributed by atoms with Gasteiger partial charge in [-0.3, -0.25) is 9.59 Å². The van der Waals surface area contributed by atoms with Crippen molar-refractivity contribution in [3.8, 4) is 0 Å². The van der Waals surface area contributed by atoms with Gasteiger partial charge < -0.3 is 20.9 Å². The fourth-order valence-corrected chi connectivity index (χ4v) is 3.03. The first-order chi connectivity index (χ1) is 14.3. The van der Waals surface area contributed by atoms with Crippen molar-refractivity contribution in [3.05, 3.63) is 53.0 Å². The lowest BCUT2D eigenvalue weighted by molar-refractivity contribution is 0.0161. The predicted molar refractivity (Wildman–Crippen MR) is 106 cm³/mol. The van der Waals surface area contributed by atoms with E-state index < -0.39 is 17.9 Å². The van der Waals surface area contributed by atoms with Crippen molar-refractivity contribution in [2.75, 3.05) is 18.8 Å². The van der Waals surface area contributed by atoms with Crippen LogP contribution in [0.25, 0.3) is 5.52 Å². The average Bonchev–Trinajstić information content (AvgIpc) is 3.05. The molecule has 2 aromatic heterocycles. The van der Waals surface area contributed by atoms with E-state index in [9.17, 15) is 14.4 Å². The molecule has 0 unspecified atom stereocenters. The topological polar surface area (TPSA) is 155 Å². The Kier molecular flexibility index (Phi) is 5.65. The van der Waals surface area contributed by atoms with Crippen molar-refractivity contribution in [1.29, 1.82) is 0 Å². The Balaban J connectivity index is 2.30. The number of carbonyl (C=O) groups excluding carboxylic acids is 3. The summed E-state index contributed by atoms with van der Waals surface area (Å²) in [6.45, 7) is 3.10. The number of nitrogens with two attached hydrogens (primary N) is 2. The maximum absolute atomic E-state index is 13.0. The van der Waals surface area contributed by atoms with Gasteiger partial charge in [0.05, 0.1) is 11.3 Å². The van der Waals surface area contributed by atoms with Gasteiger partial charge in [-0.25, -0.2) is 19.2 Å². The molecule has 0 radical (unpaired) electrons. The molecule has 0 spiro atoms. The van der Waals surface area contributed by atoms with Crippen LogP contribution in [-0.4, -0.2) is 46.4 Å². The van der Waals surface area contributed by atoms with Gasteiger partial charge in [-0.15, -0.1) is 0 Å². The molecular formula is C19H20N6O5. The van der Waals surface area contributed by atoms with Gasteiger partial charge in [0.2, 0.25) is 5.91 Å². The van der Waals surface area contributed by atoms with E-state index in [1.165, 1.54) is 30.2 Å². The number of aryl methyl sites for hydroxylation is 2. The van der Waals surface area contributed by atoms with Crippen LogP contribution in [0.3, 0.4) is 0 Å². The molecule has 11 heteroatoms. The molecule has 0 atom stereocenters. The lowest BCUT2D eigenvalue weighted by atomic mass is 10.1. The van der Waals surface area contributed by atoms with E-state index in [4.69, 9.17) is 20.9 Å². The number of fused-ring (bicyclic) bond motifs is 1. The van der Waals surface area contributed by atoms with Crippen LogP contribution in [0, 0.1) is 13.8 Å². The molecule has 2 heterocycles. The summed E-state index contributed by atoms with van der Waals surface area (Å²) >= 11 is 0. The highest BCUT2D eigenvalue weighted by Crippen LogP contribution is 2.33. The van der Waals surface area contributed by atoms with E-state index in [2.05, 4.69) is 10.1 Å². The minimum absolute atomic E-state index is 0.126. The molecule has 0 bridgehead atoms. The molecule has 4 N–H and O–H groups in total. The Morgan fingerprint density at radius 2 is 1.90 bits per heavy atom. The number of primary amides is 2. The van der Waals surface area contributed by atoms with E-state index >= 15 is 0 Å². The summed E-state index contributed by atoms with van der Waals surface area (Å²) in [7, 11) is 1.37. The summed E-state index contributed by atoms with van der Waals surface area (Å²) in [5, 5.41) is 4.09. The number of anilines is 2. The molecule has 0 saturated heterocycles. The molecule has 3 amide bonds. The fraction of sp³-hybridized carbons (Fsp3) is 0.211. The SMILES string of the molecule is COCOC(=O)N(c1cc(C(N)=O)ccc1C)c1ncnn2cc(C(N)=O)c(C)c12. The molecule has 0 fully saturated rings. The maximum Gasteiger partial charge on any atom is 0.422 e. The van der Waals surface area contributed by atoms with Crippen LogP contribution in [0.15, 0.2) is 30.7 Å². The highest BCUT2D eigenvalue weighted by atomic mass is 16.7. The van der Waals surface area contributed by atoms with E-state index in [1.54, 1.807) is 26.0 Å². The number of hydrogen-bond donors (Lipinski definition) is 2. The summed E-state index contributed by atoms with van der Waals surface area (Å²) < 4.78 is 11.4. The van der Waals surface area contributed by atoms with Gasteiger partial charge in [-0.05, 0) is 37.1 Å². The number of hydrogen-bond acceptors (Lipinski definition) is 7. The zero-order valence-corrected chi connectivity index (χ0v) is 16.6. The number of benzene rings is 1. The van der Waals surface area contributed by atoms with Crippen molar-refractivity contribution in [3.63, 3.8) is 0 Å². The highest BCUT2D eigenvalue weighted by Gasteiger charge is 2.28. The quantitative estimate of drug-likeness (QED) is 0.580. The molecule has 11 nitrogen and oxygen atoms in total. The lowest BCUT2D eigenvalue weighted by Crippen LogP contribution is -2.30. The maximum atomic E-state index is 13.0. The van der Waals surface area contributed by atoms with Gasteiger partial charge in [0, 0.05) is 18.9 Å². The van der Waals surface area contributed by atoms with Crippen LogP contribution in [0.1, 0.15) is 31.8 Å². The number of rotatable bonds is 6. The van der Waals surface area contributed by atoms with Crippen molar-refractivity contribution < 1.29 is 23.9 Å². The average molecular weight is 412 g/mol. The standard InChI is InChI=1S/C19H20N6O5/c1-10-4-5-12(16(20)26)6-14(10)25(19(28)30-9-29-3)18-15-11(2)13(17(21)27)7-24(15)23-8-22-18/h4-8H,9H2,1-3H3,(H2,20,26)(H2,21,27). The molecule has 0 saturated carbocycles. The molecule has 30 heavy (non-hydrogen) atoms. The molecule has 0 aliphatic carbocycles. The summed E-state index contributed by atoms with van der Waals surface area (Å²) in [6, 6.07) is 4.64. The van der Waals surface area contributed by atoms with E-state index in [1.807, 2.05) is 0 Å². The van der Waals surface area contributed by atoms with Crippen LogP contribution < -0.4 is 16.4 Å². The summed E-state index contributed by atoms with van der Waals surface area (Å²) in [4.78, 5) is 41.9. The zero-order chi connectivity index (χ0) is 22.0. The molecule has 0 aliphatic rings. The summed E-state index contributed by atoms with van der Waals surface area (Å²) in [5.41, 5.74) is 13.1.